The van der Waals surface area contributed by atoms with Crippen molar-refractivity contribution in [3.63, 3.8) is 0 Å². The summed E-state index contributed by atoms with van der Waals surface area (Å²) in [4.78, 5) is 14.9. The van der Waals surface area contributed by atoms with Crippen molar-refractivity contribution in [2.45, 2.75) is 52.4 Å². The zero-order valence-electron chi connectivity index (χ0n) is 37.6. The Morgan fingerprint density at radius 2 is 0.692 bits per heavy atom. The first-order valence-corrected chi connectivity index (χ1v) is 22.7. The molecular weight excluding hydrogens is 791 g/mol. The van der Waals surface area contributed by atoms with Crippen LogP contribution in [0.3, 0.4) is 0 Å². The molecule has 0 amide bonds. The van der Waals surface area contributed by atoms with E-state index in [1.165, 1.54) is 60.5 Å². The third kappa shape index (κ3) is 5.81. The van der Waals surface area contributed by atoms with Crippen molar-refractivity contribution >= 4 is 43.6 Å². The third-order valence-corrected chi connectivity index (χ3v) is 15.5. The molecule has 11 aromatic rings. The van der Waals surface area contributed by atoms with E-state index < -0.39 is 0 Å². The molecular formula is C60H49N5. The number of aromatic nitrogens is 5. The van der Waals surface area contributed by atoms with Gasteiger partial charge in [0, 0.05) is 49.6 Å². The van der Waals surface area contributed by atoms with E-state index in [0.717, 1.165) is 33.4 Å². The number of nitrogens with zero attached hydrogens (tertiary/aromatic N) is 5. The van der Waals surface area contributed by atoms with Gasteiger partial charge in [-0.25, -0.2) is 15.0 Å². The Morgan fingerprint density at radius 1 is 0.308 bits per heavy atom. The normalized spacial score (nSPS) is 15.0. The van der Waals surface area contributed by atoms with Crippen LogP contribution < -0.4 is 0 Å². The van der Waals surface area contributed by atoms with E-state index >= 15 is 0 Å². The van der Waals surface area contributed by atoms with Crippen molar-refractivity contribution in [2.24, 2.45) is 5.41 Å². The molecule has 0 spiro atoms. The van der Waals surface area contributed by atoms with Crippen molar-refractivity contribution < 1.29 is 0 Å². The lowest BCUT2D eigenvalue weighted by Crippen LogP contribution is -2.42. The molecule has 3 aromatic heterocycles. The predicted octanol–water partition coefficient (Wildman–Crippen LogP) is 15.3. The van der Waals surface area contributed by atoms with Crippen molar-refractivity contribution in [3.05, 3.63) is 199 Å². The lowest BCUT2D eigenvalue weighted by molar-refractivity contribution is 0.125. The molecule has 0 radical (unpaired) electrons. The van der Waals surface area contributed by atoms with Crippen LogP contribution in [0.2, 0.25) is 0 Å². The van der Waals surface area contributed by atoms with Crippen molar-refractivity contribution in [3.8, 4) is 56.7 Å². The fourth-order valence-corrected chi connectivity index (χ4v) is 10.7. The van der Waals surface area contributed by atoms with Gasteiger partial charge in [0.2, 0.25) is 0 Å². The van der Waals surface area contributed by atoms with E-state index in [2.05, 4.69) is 178 Å². The van der Waals surface area contributed by atoms with E-state index in [1.54, 1.807) is 0 Å². The van der Waals surface area contributed by atoms with Gasteiger partial charge in [-0.3, -0.25) is 0 Å². The monoisotopic (exact) mass is 839 g/mol. The summed E-state index contributed by atoms with van der Waals surface area (Å²) in [5.41, 5.74) is 15.3. The molecule has 0 aliphatic heterocycles. The highest BCUT2D eigenvalue weighted by Gasteiger charge is 2.57. The number of benzene rings is 8. The summed E-state index contributed by atoms with van der Waals surface area (Å²) >= 11 is 0. The summed E-state index contributed by atoms with van der Waals surface area (Å²) in [6.07, 6.45) is 0. The summed E-state index contributed by atoms with van der Waals surface area (Å²) in [6, 6.07) is 67.5. The molecule has 314 valence electrons. The highest BCUT2D eigenvalue weighted by Crippen LogP contribution is 2.62. The van der Waals surface area contributed by atoms with Crippen LogP contribution in [0.5, 0.6) is 0 Å². The Kier molecular flexibility index (Phi) is 8.51. The van der Waals surface area contributed by atoms with Crippen LogP contribution in [0.1, 0.15) is 52.7 Å². The minimum Gasteiger partial charge on any atom is -0.309 e. The Labute approximate surface area is 379 Å². The fourth-order valence-electron chi connectivity index (χ4n) is 10.7. The minimum atomic E-state index is 0.00295. The second-order valence-electron chi connectivity index (χ2n) is 19.4. The van der Waals surface area contributed by atoms with E-state index in [9.17, 15) is 0 Å². The van der Waals surface area contributed by atoms with E-state index in [1.807, 2.05) is 60.7 Å². The topological polar surface area (TPSA) is 48.5 Å². The van der Waals surface area contributed by atoms with Gasteiger partial charge in [-0.15, -0.1) is 0 Å². The van der Waals surface area contributed by atoms with Gasteiger partial charge in [-0.2, -0.15) is 0 Å². The molecule has 0 fully saturated rings. The third-order valence-electron chi connectivity index (χ3n) is 15.5. The zero-order chi connectivity index (χ0) is 44.2. The smallest absolute Gasteiger partial charge is 0.164 e. The van der Waals surface area contributed by atoms with Crippen LogP contribution >= 0.6 is 0 Å². The molecule has 1 aliphatic carbocycles. The second-order valence-corrected chi connectivity index (χ2v) is 19.4. The van der Waals surface area contributed by atoms with Crippen LogP contribution in [0.25, 0.3) is 100 Å². The van der Waals surface area contributed by atoms with E-state index in [0.29, 0.717) is 17.5 Å². The van der Waals surface area contributed by atoms with Crippen molar-refractivity contribution in [1.82, 2.24) is 24.1 Å². The molecule has 0 bridgehead atoms. The lowest BCUT2D eigenvalue weighted by Gasteiger charge is -2.44. The highest BCUT2D eigenvalue weighted by molar-refractivity contribution is 6.13. The largest absolute Gasteiger partial charge is 0.309 e. The first-order chi connectivity index (χ1) is 31.5. The number of rotatable bonds is 6. The maximum Gasteiger partial charge on any atom is 0.164 e. The van der Waals surface area contributed by atoms with Crippen LogP contribution in [-0.4, -0.2) is 24.1 Å². The standard InChI is InChI=1S/C60H49N5/c1-58(2)49-36-48-47-35-42(29-33-53(47)65(43-22-14-9-15-23-43)54(48)37-50(49)59(3,4)60(58,5)6)41-28-32-52-46(34-41)45-24-16-17-25-51(45)64(52)44-30-26-40(27-31-44)57-62-55(38-18-10-7-11-19-38)61-56(63-57)39-20-12-8-13-21-39/h7-37H,1-6H3. The predicted molar refractivity (Wildman–Crippen MR) is 270 cm³/mol. The molecule has 3 heterocycles. The molecule has 0 N–H and O–H groups in total. The SMILES string of the molecule is CC1(C)c2cc3c4cc(-c5ccc6c(c5)c5ccccc5n6-c5ccc(-c6nc(-c7ccccc7)nc(-c7ccccc7)n6)cc5)ccc4n(-c4ccccc4)c3cc2C(C)(C)C1(C)C. The molecule has 5 heteroatoms. The van der Waals surface area contributed by atoms with Gasteiger partial charge in [-0.05, 0) is 117 Å². The Balaban J connectivity index is 0.977. The highest BCUT2D eigenvalue weighted by atomic mass is 15.0. The number of fused-ring (bicyclic) bond motifs is 7. The van der Waals surface area contributed by atoms with Crippen LogP contribution in [0, 0.1) is 5.41 Å². The van der Waals surface area contributed by atoms with Crippen LogP contribution in [0.15, 0.2) is 188 Å². The number of hydrogen-bond donors (Lipinski definition) is 0. The molecule has 8 aromatic carbocycles. The summed E-state index contributed by atoms with van der Waals surface area (Å²) in [7, 11) is 0. The van der Waals surface area contributed by atoms with Gasteiger partial charge in [0.25, 0.3) is 0 Å². The molecule has 65 heavy (non-hydrogen) atoms. The van der Waals surface area contributed by atoms with Crippen LogP contribution in [0.4, 0.5) is 0 Å². The lowest BCUT2D eigenvalue weighted by atomic mass is 9.59. The Bertz CT molecular complexity index is 3590. The average molecular weight is 840 g/mol. The average Bonchev–Trinajstić information content (AvgIpc) is 3.88. The zero-order valence-corrected chi connectivity index (χ0v) is 37.6. The Hall–Kier alpha value is -7.63. The molecule has 0 saturated heterocycles. The Morgan fingerprint density at radius 3 is 1.25 bits per heavy atom. The van der Waals surface area contributed by atoms with Crippen molar-refractivity contribution in [2.75, 3.05) is 0 Å². The summed E-state index contributed by atoms with van der Waals surface area (Å²) < 4.78 is 4.84. The molecule has 0 unspecified atom stereocenters. The molecule has 0 saturated carbocycles. The first kappa shape index (κ1) is 39.0. The van der Waals surface area contributed by atoms with Gasteiger partial charge < -0.3 is 9.13 Å². The minimum absolute atomic E-state index is 0.00295. The summed E-state index contributed by atoms with van der Waals surface area (Å²) in [6.45, 7) is 14.6. The number of para-hydroxylation sites is 2. The van der Waals surface area contributed by atoms with Crippen molar-refractivity contribution in [1.29, 1.82) is 0 Å². The summed E-state index contributed by atoms with van der Waals surface area (Å²) in [5, 5.41) is 5.01. The van der Waals surface area contributed by atoms with Gasteiger partial charge in [0.15, 0.2) is 17.5 Å². The maximum atomic E-state index is 4.98. The fraction of sp³-hybridized carbons (Fsp3) is 0.150. The quantitative estimate of drug-likeness (QED) is 0.168. The molecule has 5 nitrogen and oxygen atoms in total. The van der Waals surface area contributed by atoms with Gasteiger partial charge in [-0.1, -0.05) is 151 Å². The molecule has 1 aliphatic rings. The summed E-state index contributed by atoms with van der Waals surface area (Å²) in [5.74, 6) is 1.94. The van der Waals surface area contributed by atoms with Crippen LogP contribution in [-0.2, 0) is 10.8 Å². The second kappa shape index (κ2) is 14.2. The van der Waals surface area contributed by atoms with Gasteiger partial charge >= 0.3 is 0 Å². The maximum absolute atomic E-state index is 4.98. The van der Waals surface area contributed by atoms with Gasteiger partial charge in [0.05, 0.1) is 22.1 Å². The van der Waals surface area contributed by atoms with E-state index in [4.69, 9.17) is 15.0 Å². The van der Waals surface area contributed by atoms with E-state index in [-0.39, 0.29) is 16.2 Å². The first-order valence-electron chi connectivity index (χ1n) is 22.7. The molecule has 0 atom stereocenters. The van der Waals surface area contributed by atoms with Gasteiger partial charge in [0.1, 0.15) is 0 Å². The number of hydrogen-bond acceptors (Lipinski definition) is 3. The molecule has 12 rings (SSSR count).